The molecule has 2 amide bonds. The zero-order valence-corrected chi connectivity index (χ0v) is 23.7. The molecule has 2 unspecified atom stereocenters. The number of benzene rings is 1. The molecule has 39 heavy (non-hydrogen) atoms. The van der Waals surface area contributed by atoms with Gasteiger partial charge in [-0.15, -0.1) is 5.10 Å². The summed E-state index contributed by atoms with van der Waals surface area (Å²) in [6.07, 6.45) is 3.48. The number of rotatable bonds is 7. The number of likely N-dealkylation sites (tertiary alicyclic amines) is 1. The van der Waals surface area contributed by atoms with Crippen LogP contribution >= 0.6 is 0 Å². The molecule has 1 saturated heterocycles. The number of nitrogens with one attached hydrogen (secondary N) is 1. The van der Waals surface area contributed by atoms with Gasteiger partial charge in [-0.1, -0.05) is 44.2 Å². The monoisotopic (exact) mass is 533 g/mol. The van der Waals surface area contributed by atoms with Crippen LogP contribution in [-0.4, -0.2) is 65.3 Å². The summed E-state index contributed by atoms with van der Waals surface area (Å²) in [7, 11) is 0. The number of aliphatic hydroxyl groups excluding tert-OH is 1. The second-order valence-electron chi connectivity index (χ2n) is 12.1. The van der Waals surface area contributed by atoms with Gasteiger partial charge >= 0.3 is 0 Å². The Hall–Kier alpha value is -3.53. The standard InChI is InChI=1S/C29H39N7O3/c1-17-9-7-8-10-24(17)36-19(3)22(18(2)32-36)14-30-27(38)25-13-21(37)15-34(25)28(39)26(29(4,5)6)35-16-23(31-33-35)20-11-12-20/h7-10,16,20-21,25-26,37H,11-15H2,1-6H3,(H,30,38)/t21?,25?,26-/m1/s1. The van der Waals surface area contributed by atoms with E-state index in [1.54, 1.807) is 4.68 Å². The molecule has 3 heterocycles. The van der Waals surface area contributed by atoms with E-state index >= 15 is 0 Å². The van der Waals surface area contributed by atoms with Gasteiger partial charge in [0, 0.05) is 42.9 Å². The van der Waals surface area contributed by atoms with Gasteiger partial charge in [0.15, 0.2) is 0 Å². The molecule has 1 aliphatic heterocycles. The molecule has 3 atom stereocenters. The van der Waals surface area contributed by atoms with Crippen LogP contribution < -0.4 is 5.32 Å². The third-order valence-electron chi connectivity index (χ3n) is 7.93. The average molecular weight is 534 g/mol. The van der Waals surface area contributed by atoms with Gasteiger partial charge in [-0.2, -0.15) is 5.10 Å². The van der Waals surface area contributed by atoms with Gasteiger partial charge in [0.25, 0.3) is 0 Å². The number of nitrogens with zero attached hydrogens (tertiary/aromatic N) is 6. The lowest BCUT2D eigenvalue weighted by molar-refractivity contribution is -0.144. The van der Waals surface area contributed by atoms with Gasteiger partial charge in [0.2, 0.25) is 11.8 Å². The number of hydrogen-bond donors (Lipinski definition) is 2. The number of para-hydroxylation sites is 1. The number of amides is 2. The lowest BCUT2D eigenvalue weighted by Crippen LogP contribution is -2.50. The fraction of sp³-hybridized carbons (Fsp3) is 0.552. The van der Waals surface area contributed by atoms with E-state index < -0.39 is 23.6 Å². The summed E-state index contributed by atoms with van der Waals surface area (Å²) < 4.78 is 3.55. The lowest BCUT2D eigenvalue weighted by atomic mass is 9.85. The van der Waals surface area contributed by atoms with Gasteiger partial charge in [-0.3, -0.25) is 9.59 Å². The highest BCUT2D eigenvalue weighted by Crippen LogP contribution is 2.40. The number of hydrogen-bond acceptors (Lipinski definition) is 6. The summed E-state index contributed by atoms with van der Waals surface area (Å²) >= 11 is 0. The van der Waals surface area contributed by atoms with E-state index in [0.717, 1.165) is 46.7 Å². The Morgan fingerprint density at radius 3 is 2.54 bits per heavy atom. The minimum absolute atomic E-state index is 0.108. The third kappa shape index (κ3) is 5.34. The molecule has 3 aromatic rings. The van der Waals surface area contributed by atoms with Gasteiger partial charge in [0.05, 0.1) is 23.2 Å². The van der Waals surface area contributed by atoms with Crippen LogP contribution in [0.25, 0.3) is 5.69 Å². The molecule has 0 spiro atoms. The predicted molar refractivity (Wildman–Crippen MR) is 146 cm³/mol. The maximum absolute atomic E-state index is 14.0. The van der Waals surface area contributed by atoms with Crippen molar-refractivity contribution in [1.29, 1.82) is 0 Å². The van der Waals surface area contributed by atoms with Crippen molar-refractivity contribution < 1.29 is 14.7 Å². The minimum Gasteiger partial charge on any atom is -0.391 e. The molecule has 1 saturated carbocycles. The van der Waals surface area contributed by atoms with Crippen LogP contribution in [0.1, 0.15) is 80.2 Å². The Morgan fingerprint density at radius 1 is 1.15 bits per heavy atom. The summed E-state index contributed by atoms with van der Waals surface area (Å²) in [6, 6.07) is 6.63. The van der Waals surface area contributed by atoms with E-state index in [-0.39, 0.29) is 31.3 Å². The number of carbonyl (C=O) groups is 2. The molecule has 1 aliphatic carbocycles. The van der Waals surface area contributed by atoms with E-state index in [2.05, 4.69) is 15.6 Å². The quantitative estimate of drug-likeness (QED) is 0.482. The Kier molecular flexibility index (Phi) is 7.09. The largest absolute Gasteiger partial charge is 0.391 e. The Bertz CT molecular complexity index is 1380. The van der Waals surface area contributed by atoms with Crippen LogP contribution in [0.15, 0.2) is 30.5 Å². The molecule has 10 nitrogen and oxygen atoms in total. The smallest absolute Gasteiger partial charge is 0.248 e. The van der Waals surface area contributed by atoms with Gasteiger partial charge in [0.1, 0.15) is 12.1 Å². The first-order chi connectivity index (χ1) is 18.5. The van der Waals surface area contributed by atoms with Crippen molar-refractivity contribution in [3.8, 4) is 5.69 Å². The first-order valence-corrected chi connectivity index (χ1v) is 13.7. The van der Waals surface area contributed by atoms with Crippen molar-refractivity contribution in [2.24, 2.45) is 5.41 Å². The SMILES string of the molecule is Cc1ccccc1-n1nc(C)c(CNC(=O)C2CC(O)CN2C(=O)[C@@H](n2cc(C3CC3)nn2)C(C)(C)C)c1C. The molecule has 208 valence electrons. The normalized spacial score (nSPS) is 20.3. The van der Waals surface area contributed by atoms with Crippen molar-refractivity contribution in [2.45, 2.75) is 91.5 Å². The van der Waals surface area contributed by atoms with Gasteiger partial charge < -0.3 is 15.3 Å². The predicted octanol–water partition coefficient (Wildman–Crippen LogP) is 3.13. The van der Waals surface area contributed by atoms with E-state index in [9.17, 15) is 14.7 Å². The summed E-state index contributed by atoms with van der Waals surface area (Å²) in [6.45, 7) is 12.3. The zero-order valence-electron chi connectivity index (χ0n) is 23.7. The summed E-state index contributed by atoms with van der Waals surface area (Å²) in [4.78, 5) is 28.9. The third-order valence-corrected chi connectivity index (χ3v) is 7.93. The molecule has 0 radical (unpaired) electrons. The first kappa shape index (κ1) is 27.1. The van der Waals surface area contributed by atoms with Crippen LogP contribution in [0.5, 0.6) is 0 Å². The molecule has 2 aliphatic rings. The fourth-order valence-electron chi connectivity index (χ4n) is 5.59. The molecule has 0 bridgehead atoms. The summed E-state index contributed by atoms with van der Waals surface area (Å²) in [5, 5.41) is 26.9. The van der Waals surface area contributed by atoms with E-state index in [1.165, 1.54) is 4.90 Å². The number of carbonyl (C=O) groups excluding carboxylic acids is 2. The van der Waals surface area contributed by atoms with Crippen molar-refractivity contribution in [2.75, 3.05) is 6.54 Å². The summed E-state index contributed by atoms with van der Waals surface area (Å²) in [5.41, 5.74) is 5.26. The van der Waals surface area contributed by atoms with Crippen molar-refractivity contribution in [3.63, 3.8) is 0 Å². The Morgan fingerprint density at radius 2 is 1.87 bits per heavy atom. The van der Waals surface area contributed by atoms with Crippen molar-refractivity contribution in [3.05, 3.63) is 58.7 Å². The molecule has 5 rings (SSSR count). The number of β-amino-alcohol motifs (C(OH)–C–C–N with tert-alkyl or cyclic N) is 1. The van der Waals surface area contributed by atoms with E-state index in [1.807, 2.05) is 76.7 Å². The highest BCUT2D eigenvalue weighted by atomic mass is 16.3. The molecule has 2 aromatic heterocycles. The Labute approximate surface area is 229 Å². The molecule has 10 heteroatoms. The summed E-state index contributed by atoms with van der Waals surface area (Å²) in [5.74, 6) is -0.0953. The fourth-order valence-corrected chi connectivity index (χ4v) is 5.59. The second-order valence-corrected chi connectivity index (χ2v) is 12.1. The zero-order chi connectivity index (χ0) is 28.1. The lowest BCUT2D eigenvalue weighted by Gasteiger charge is -2.34. The molecule has 1 aromatic carbocycles. The van der Waals surface area contributed by atoms with Crippen LogP contribution in [0.2, 0.25) is 0 Å². The van der Waals surface area contributed by atoms with Crippen LogP contribution in [0.4, 0.5) is 0 Å². The van der Waals surface area contributed by atoms with Crippen molar-refractivity contribution in [1.82, 2.24) is 35.0 Å². The van der Waals surface area contributed by atoms with Gasteiger partial charge in [-0.05, 0) is 50.7 Å². The minimum atomic E-state index is -0.768. The molecular formula is C29H39N7O3. The highest BCUT2D eigenvalue weighted by Gasteiger charge is 2.45. The number of aromatic nitrogens is 5. The van der Waals surface area contributed by atoms with Crippen molar-refractivity contribution >= 4 is 11.8 Å². The van der Waals surface area contributed by atoms with Gasteiger partial charge in [-0.25, -0.2) is 9.36 Å². The first-order valence-electron chi connectivity index (χ1n) is 13.7. The second kappa shape index (κ2) is 10.2. The number of aryl methyl sites for hydroxylation is 2. The van der Waals surface area contributed by atoms with Crippen LogP contribution in [0, 0.1) is 26.2 Å². The maximum Gasteiger partial charge on any atom is 0.248 e. The number of aliphatic hydroxyl groups is 1. The van der Waals surface area contributed by atoms with E-state index in [4.69, 9.17) is 5.10 Å². The molecular weight excluding hydrogens is 494 g/mol. The van der Waals surface area contributed by atoms with Crippen LogP contribution in [-0.2, 0) is 16.1 Å². The molecule has 2 N–H and O–H groups in total. The van der Waals surface area contributed by atoms with E-state index in [0.29, 0.717) is 5.92 Å². The highest BCUT2D eigenvalue weighted by molar-refractivity contribution is 5.90. The maximum atomic E-state index is 14.0. The molecule has 2 fully saturated rings. The van der Waals surface area contributed by atoms with Crippen LogP contribution in [0.3, 0.4) is 0 Å². The average Bonchev–Trinajstić information content (AvgIpc) is 3.37. The topological polar surface area (TPSA) is 118 Å². The Balaban J connectivity index is 1.33.